The van der Waals surface area contributed by atoms with Gasteiger partial charge in [-0.2, -0.15) is 4.99 Å². The molecule has 4 N–H and O–H groups in total. The molecule has 2 amide bonds. The van der Waals surface area contributed by atoms with Gasteiger partial charge in [0.25, 0.3) is 5.91 Å². The van der Waals surface area contributed by atoms with Gasteiger partial charge < -0.3 is 44.1 Å². The van der Waals surface area contributed by atoms with E-state index in [0.29, 0.717) is 58.8 Å². The fraction of sp³-hybridized carbons (Fsp3) is 0.607. The van der Waals surface area contributed by atoms with Crippen molar-refractivity contribution in [1.82, 2.24) is 9.55 Å². The molecular formula is C61H95N7O11P+. The van der Waals surface area contributed by atoms with Crippen molar-refractivity contribution in [2.75, 3.05) is 77.5 Å². The van der Waals surface area contributed by atoms with Crippen LogP contribution in [0, 0.1) is 5.92 Å². The van der Waals surface area contributed by atoms with Crippen molar-refractivity contribution >= 4 is 60.0 Å². The van der Waals surface area contributed by atoms with E-state index in [2.05, 4.69) is 24.2 Å². The Balaban J connectivity index is 1.29. The van der Waals surface area contributed by atoms with Gasteiger partial charge in [0.15, 0.2) is 0 Å². The first-order chi connectivity index (χ1) is 38.5. The topological polar surface area (TPSA) is 223 Å². The van der Waals surface area contributed by atoms with E-state index in [0.717, 1.165) is 56.1 Å². The van der Waals surface area contributed by atoms with Crippen LogP contribution in [0.1, 0.15) is 177 Å². The molecule has 2 unspecified atom stereocenters. The van der Waals surface area contributed by atoms with Crippen LogP contribution >= 0.6 is 7.82 Å². The fourth-order valence-corrected chi connectivity index (χ4v) is 9.66. The summed E-state index contributed by atoms with van der Waals surface area (Å²) >= 11 is 0. The second-order valence-corrected chi connectivity index (χ2v) is 23.3. The van der Waals surface area contributed by atoms with Gasteiger partial charge in [0.2, 0.25) is 0 Å². The number of anilines is 2. The number of rotatable bonds is 42. The number of esters is 2. The Labute approximate surface area is 476 Å². The van der Waals surface area contributed by atoms with Crippen molar-refractivity contribution in [3.05, 3.63) is 89.7 Å². The molecule has 4 rings (SSSR count). The van der Waals surface area contributed by atoms with Crippen molar-refractivity contribution in [2.24, 2.45) is 23.7 Å². The number of fused-ring (bicyclic) bond motifs is 1. The number of unbranched alkanes of at least 4 members (excludes halogenated alkanes) is 18. The number of carbonyl (C=O) groups excluding carboxylic acids is 4. The summed E-state index contributed by atoms with van der Waals surface area (Å²) in [6, 6.07) is 21.5. The summed E-state index contributed by atoms with van der Waals surface area (Å²) in [6.45, 7) is 4.59. The number of carbonyl (C=O) groups is 4. The van der Waals surface area contributed by atoms with Crippen molar-refractivity contribution in [3.63, 3.8) is 0 Å². The number of amidine groups is 1. The van der Waals surface area contributed by atoms with Gasteiger partial charge in [-0.3, -0.25) is 23.4 Å². The van der Waals surface area contributed by atoms with Crippen molar-refractivity contribution in [2.45, 2.75) is 162 Å². The molecule has 4 aromatic rings. The minimum atomic E-state index is -4.48. The van der Waals surface area contributed by atoms with E-state index < -0.39 is 31.8 Å². The van der Waals surface area contributed by atoms with Gasteiger partial charge >= 0.3 is 25.9 Å². The largest absolute Gasteiger partial charge is 0.472 e. The number of aliphatic imine (C=N–C) groups is 1. The third-order valence-electron chi connectivity index (χ3n) is 13.8. The van der Waals surface area contributed by atoms with E-state index in [4.69, 9.17) is 34.0 Å². The number of aryl methyl sites for hydroxylation is 1. The van der Waals surface area contributed by atoms with Crippen LogP contribution in [0.2, 0.25) is 0 Å². The molecule has 0 bridgehead atoms. The number of nitrogens with zero attached hydrogens (tertiary/aromatic N) is 5. The second kappa shape index (κ2) is 37.4. The Morgan fingerprint density at radius 3 is 1.82 bits per heavy atom. The molecule has 0 aliphatic carbocycles. The Morgan fingerprint density at radius 2 is 1.24 bits per heavy atom. The summed E-state index contributed by atoms with van der Waals surface area (Å²) in [5.41, 5.74) is 9.80. The second-order valence-electron chi connectivity index (χ2n) is 21.8. The molecule has 0 aliphatic rings. The van der Waals surface area contributed by atoms with E-state index in [9.17, 15) is 28.6 Å². The standard InChI is InChI=1S/C61H94N7O11P/c1-7-9-11-13-14-15-16-17-18-19-20-21-22-23-24-28-32-57(69)76-46-49(48-79-80(73,74)78-43-41-68(4,5)6)47-77-58(70)39-40-67(53-30-26-25-27-31-53)60(71)51-35-38-55-54(44-51)64-56(66(55)3)45-63-52-36-33-50(34-37-52)59(62)65-61(72)75-42-29-12-10-8-2/h25-27,30-31,33-38,44,49H,7-24,28-29,32,39-43,45-48H2,1-6H3,(H3-,62,63,65,72,73,74)/p+1. The molecule has 0 saturated carbocycles. The van der Waals surface area contributed by atoms with Crippen molar-refractivity contribution in [1.29, 1.82) is 0 Å². The molecule has 1 heterocycles. The average Bonchev–Trinajstić information content (AvgIpc) is 3.75. The first kappa shape index (κ1) is 66.9. The molecule has 1 aromatic heterocycles. The van der Waals surface area contributed by atoms with Crippen LogP contribution in [-0.4, -0.2) is 116 Å². The molecule has 3 aromatic carbocycles. The zero-order chi connectivity index (χ0) is 58.0. The smallest absolute Gasteiger partial charge is 0.465 e. The van der Waals surface area contributed by atoms with Gasteiger partial charge in [0, 0.05) is 42.5 Å². The zero-order valence-electron chi connectivity index (χ0n) is 49.0. The third kappa shape index (κ3) is 27.2. The normalized spacial score (nSPS) is 13.0. The number of phosphoric ester groups is 1. The van der Waals surface area contributed by atoms with E-state index in [1.54, 1.807) is 48.5 Å². The molecular weight excluding hydrogens is 1040 g/mol. The van der Waals surface area contributed by atoms with Crippen LogP contribution in [0.5, 0.6) is 0 Å². The van der Waals surface area contributed by atoms with Crippen LogP contribution < -0.4 is 16.0 Å². The summed E-state index contributed by atoms with van der Waals surface area (Å²) < 4.78 is 42.2. The highest BCUT2D eigenvalue weighted by molar-refractivity contribution is 7.47. The molecule has 0 fully saturated rings. The predicted molar refractivity (Wildman–Crippen MR) is 318 cm³/mol. The number of amides is 2. The number of aromatic nitrogens is 2. The minimum absolute atomic E-state index is 0.0249. The highest BCUT2D eigenvalue weighted by Gasteiger charge is 2.27. The number of hydrogen-bond acceptors (Lipinski definition) is 12. The fourth-order valence-electron chi connectivity index (χ4n) is 8.87. The van der Waals surface area contributed by atoms with Crippen LogP contribution in [0.4, 0.5) is 16.2 Å². The van der Waals surface area contributed by atoms with E-state index in [-0.39, 0.29) is 57.6 Å². The molecule has 18 nitrogen and oxygen atoms in total. The summed E-state index contributed by atoms with van der Waals surface area (Å²) in [5, 5.41) is 3.36. The van der Waals surface area contributed by atoms with E-state index in [1.807, 2.05) is 57.0 Å². The number of benzene rings is 3. The van der Waals surface area contributed by atoms with Gasteiger partial charge in [-0.1, -0.05) is 148 Å². The number of phosphoric acid groups is 1. The average molecular weight is 1130 g/mol. The number of quaternary nitrogens is 1. The third-order valence-corrected chi connectivity index (χ3v) is 14.8. The number of nitrogens with two attached hydrogens (primary N) is 1. The van der Waals surface area contributed by atoms with Crippen LogP contribution in [0.3, 0.4) is 0 Å². The lowest BCUT2D eigenvalue weighted by atomic mass is 10.0. The van der Waals surface area contributed by atoms with Crippen LogP contribution in [0.25, 0.3) is 11.0 Å². The van der Waals surface area contributed by atoms with Crippen LogP contribution in [-0.2, 0) is 51.0 Å². The Morgan fingerprint density at radius 1 is 0.688 bits per heavy atom. The number of ether oxygens (including phenoxy) is 3. The Bertz CT molecular complexity index is 2520. The maximum Gasteiger partial charge on any atom is 0.472 e. The minimum Gasteiger partial charge on any atom is -0.465 e. The molecule has 0 spiro atoms. The quantitative estimate of drug-likeness (QED) is 0.00714. The summed E-state index contributed by atoms with van der Waals surface area (Å²) in [6.07, 6.45) is 22.9. The first-order valence-corrected chi connectivity index (χ1v) is 30.9. The molecule has 444 valence electrons. The van der Waals surface area contributed by atoms with Gasteiger partial charge in [-0.15, -0.1) is 0 Å². The van der Waals surface area contributed by atoms with Crippen molar-refractivity contribution in [3.8, 4) is 0 Å². The van der Waals surface area contributed by atoms with Crippen LogP contribution in [0.15, 0.2) is 77.8 Å². The van der Waals surface area contributed by atoms with Gasteiger partial charge in [-0.05, 0) is 67.4 Å². The highest BCUT2D eigenvalue weighted by Crippen LogP contribution is 2.43. The van der Waals surface area contributed by atoms with E-state index >= 15 is 0 Å². The Hall–Kier alpha value is -5.65. The first-order valence-electron chi connectivity index (χ1n) is 29.4. The zero-order valence-corrected chi connectivity index (χ0v) is 49.9. The summed E-state index contributed by atoms with van der Waals surface area (Å²) in [5.74, 6) is -1.40. The monoisotopic (exact) mass is 1130 g/mol. The molecule has 0 radical (unpaired) electrons. The number of imidazole rings is 1. The summed E-state index contributed by atoms with van der Waals surface area (Å²) in [4.78, 5) is 73.5. The highest BCUT2D eigenvalue weighted by atomic mass is 31.2. The maximum atomic E-state index is 14.3. The SMILES string of the molecule is CCCCCCCCCCCCCCCCCCC(=O)OCC(COC(=O)CCN(C(=O)c1ccc2c(c1)nc(CNc1ccc(/C(N)=N/C(=O)OCCCCCC)cc1)n2C)c1ccccc1)COP(=O)(O)OCC[N+](C)(C)C. The number of nitrogens with one attached hydrogen (secondary N) is 1. The van der Waals surface area contributed by atoms with Gasteiger partial charge in [0.1, 0.15) is 24.8 Å². The number of likely N-dealkylation sites (N-methyl/N-ethyl adjacent to an activating group) is 1. The molecule has 0 saturated heterocycles. The Kier molecular flexibility index (Phi) is 31.2. The molecule has 0 aliphatic heterocycles. The molecule has 19 heteroatoms. The van der Waals surface area contributed by atoms with E-state index in [1.165, 1.54) is 81.9 Å². The van der Waals surface area contributed by atoms with Gasteiger partial charge in [0.05, 0.1) is 77.5 Å². The maximum absolute atomic E-state index is 14.3. The lowest BCUT2D eigenvalue weighted by molar-refractivity contribution is -0.870. The summed E-state index contributed by atoms with van der Waals surface area (Å²) in [7, 11) is 3.19. The van der Waals surface area contributed by atoms with Crippen molar-refractivity contribution < 1.29 is 56.4 Å². The lowest BCUT2D eigenvalue weighted by Gasteiger charge is -2.24. The number of hydrogen-bond donors (Lipinski definition) is 3. The molecule has 2 atom stereocenters. The molecule has 80 heavy (non-hydrogen) atoms. The lowest BCUT2D eigenvalue weighted by Crippen LogP contribution is -2.37. The predicted octanol–water partition coefficient (Wildman–Crippen LogP) is 12.8. The number of para-hydroxylation sites is 1. The van der Waals surface area contributed by atoms with Gasteiger partial charge in [-0.25, -0.2) is 14.3 Å².